The zero-order valence-corrected chi connectivity index (χ0v) is 23.2. The molecule has 0 N–H and O–H groups in total. The van der Waals surface area contributed by atoms with E-state index in [2.05, 4.69) is 0 Å². The average Bonchev–Trinajstić information content (AvgIpc) is 3.72. The summed E-state index contributed by atoms with van der Waals surface area (Å²) in [6.07, 6.45) is 8.10. The molecule has 41 heavy (non-hydrogen) atoms. The molecule has 9 heteroatoms. The average molecular weight is 577 g/mol. The van der Waals surface area contributed by atoms with Gasteiger partial charge in [-0.15, -0.1) is 22.7 Å². The highest BCUT2D eigenvalue weighted by molar-refractivity contribution is 7.23. The molecular formula is C32H20N2O5S2. The molecule has 1 aliphatic heterocycles. The third-order valence-corrected chi connectivity index (χ3v) is 10.4. The number of allylic oxidation sites excluding steroid dienone is 2. The number of carbonyl (C=O) groups excluding carboxylic acids is 4. The zero-order chi connectivity index (χ0) is 27.9. The number of rotatable bonds is 2. The topological polar surface area (TPSA) is 103 Å². The lowest BCUT2D eigenvalue weighted by Crippen LogP contribution is -2.38. The number of ketones is 4. The van der Waals surface area contributed by atoms with Crippen LogP contribution in [0.25, 0.3) is 33.1 Å². The van der Waals surface area contributed by atoms with Crippen molar-refractivity contribution in [3.63, 3.8) is 0 Å². The molecule has 0 amide bonds. The minimum atomic E-state index is -0.620. The fourth-order valence-corrected chi connectivity index (χ4v) is 8.41. The van der Waals surface area contributed by atoms with Crippen molar-refractivity contribution in [3.8, 4) is 15.6 Å². The molecule has 4 aromatic rings. The molecule has 1 spiro atoms. The molecule has 8 rings (SSSR count). The van der Waals surface area contributed by atoms with E-state index in [9.17, 15) is 19.2 Å². The van der Waals surface area contributed by atoms with Gasteiger partial charge in [0.1, 0.15) is 20.6 Å². The Morgan fingerprint density at radius 2 is 1.15 bits per heavy atom. The normalized spacial score (nSPS) is 20.4. The maximum absolute atomic E-state index is 12.9. The quantitative estimate of drug-likeness (QED) is 0.200. The van der Waals surface area contributed by atoms with Gasteiger partial charge in [-0.1, -0.05) is 55.0 Å². The van der Waals surface area contributed by atoms with Gasteiger partial charge in [-0.25, -0.2) is 9.97 Å². The van der Waals surface area contributed by atoms with Gasteiger partial charge >= 0.3 is 0 Å². The lowest BCUT2D eigenvalue weighted by atomic mass is 9.80. The molecule has 0 atom stereocenters. The zero-order valence-electron chi connectivity index (χ0n) is 21.6. The van der Waals surface area contributed by atoms with Gasteiger partial charge in [0.2, 0.25) is 29.0 Å². The summed E-state index contributed by atoms with van der Waals surface area (Å²) in [7, 11) is 0. The molecule has 2 aromatic heterocycles. The first-order valence-electron chi connectivity index (χ1n) is 13.5. The van der Waals surface area contributed by atoms with Gasteiger partial charge in [-0.3, -0.25) is 19.2 Å². The number of carbonyl (C=O) groups is 4. The number of fused-ring (bicyclic) bond motifs is 6. The van der Waals surface area contributed by atoms with Gasteiger partial charge in [0.05, 0.1) is 4.88 Å². The Labute approximate surface area is 242 Å². The predicted octanol–water partition coefficient (Wildman–Crippen LogP) is 6.43. The minimum absolute atomic E-state index is 0.335. The third kappa shape index (κ3) is 3.55. The number of benzene rings is 2. The highest BCUT2D eigenvalue weighted by Gasteiger charge is 2.46. The smallest absolute Gasteiger partial charge is 0.235 e. The van der Waals surface area contributed by atoms with E-state index in [1.807, 2.05) is 12.1 Å². The summed E-state index contributed by atoms with van der Waals surface area (Å²) in [5, 5.41) is 1.20. The van der Waals surface area contributed by atoms with Gasteiger partial charge in [0, 0.05) is 22.3 Å². The van der Waals surface area contributed by atoms with Crippen LogP contribution in [0.2, 0.25) is 0 Å². The van der Waals surface area contributed by atoms with Crippen LogP contribution in [0.1, 0.15) is 79.7 Å². The molecule has 1 fully saturated rings. The summed E-state index contributed by atoms with van der Waals surface area (Å²) in [6.45, 7) is 0. The Morgan fingerprint density at radius 3 is 1.73 bits per heavy atom. The number of aromatic nitrogens is 2. The van der Waals surface area contributed by atoms with Crippen molar-refractivity contribution in [1.82, 2.24) is 9.97 Å². The number of hydrogen-bond acceptors (Lipinski definition) is 9. The second kappa shape index (κ2) is 8.83. The van der Waals surface area contributed by atoms with Crippen LogP contribution < -0.4 is 4.74 Å². The molecule has 3 heterocycles. The van der Waals surface area contributed by atoms with Crippen molar-refractivity contribution < 1.29 is 23.9 Å². The van der Waals surface area contributed by atoms with Crippen LogP contribution in [0.5, 0.6) is 5.88 Å². The maximum atomic E-state index is 12.9. The largest absolute Gasteiger partial charge is 0.463 e. The first-order chi connectivity index (χ1) is 19.9. The van der Waals surface area contributed by atoms with Gasteiger partial charge in [-0.05, 0) is 49.0 Å². The van der Waals surface area contributed by atoms with Crippen molar-refractivity contribution in [1.29, 1.82) is 0 Å². The van der Waals surface area contributed by atoms with Gasteiger partial charge < -0.3 is 4.74 Å². The van der Waals surface area contributed by atoms with Crippen molar-refractivity contribution in [2.24, 2.45) is 0 Å². The standard InChI is InChI=1S/C32H20N2O5S2/c35-24-18-10-4-2-8-16(18)20(26(24)37)14-22-33-30-28(40-22)29-31(39-32(30)12-6-1-7-13-32)34-23(41-29)15-21-17-9-3-5-11-19(17)25(36)27(21)38/h2-5,8-11,14-15H,1,6-7,12-13H2/b20-14-,21-15-. The molecule has 200 valence electrons. The number of hydrogen-bond donors (Lipinski definition) is 0. The van der Waals surface area contributed by atoms with Crippen LogP contribution in [0.3, 0.4) is 0 Å². The summed E-state index contributed by atoms with van der Waals surface area (Å²) in [5.41, 5.74) is 2.98. The Hall–Kier alpha value is -4.34. The minimum Gasteiger partial charge on any atom is -0.463 e. The Kier molecular flexibility index (Phi) is 5.27. The molecule has 2 aromatic carbocycles. The Bertz CT molecular complexity index is 1940. The van der Waals surface area contributed by atoms with Crippen LogP contribution in [-0.4, -0.2) is 33.1 Å². The number of thiazole rings is 2. The first-order valence-corrected chi connectivity index (χ1v) is 15.1. The SMILES string of the molecule is O=C1C(=O)c2ccccc2/C1=C/c1nc2c(s1)-c1sc(/C=C3\C(=O)C(=O)c4ccccc43)nc1C1(CCCCC1)O2. The molecular weight excluding hydrogens is 556 g/mol. The van der Waals surface area contributed by atoms with E-state index in [-0.39, 0.29) is 0 Å². The van der Waals surface area contributed by atoms with Crippen molar-refractivity contribution in [2.45, 2.75) is 37.7 Å². The van der Waals surface area contributed by atoms with E-state index in [0.717, 1.165) is 47.6 Å². The number of ether oxygens (including phenoxy) is 1. The molecule has 3 aliphatic carbocycles. The molecule has 1 saturated carbocycles. The monoisotopic (exact) mass is 576 g/mol. The van der Waals surface area contributed by atoms with Crippen molar-refractivity contribution in [2.75, 3.05) is 0 Å². The van der Waals surface area contributed by atoms with Gasteiger partial charge in [0.15, 0.2) is 5.60 Å². The van der Waals surface area contributed by atoms with E-state index in [4.69, 9.17) is 14.7 Å². The Balaban J connectivity index is 1.26. The van der Waals surface area contributed by atoms with Gasteiger partial charge in [0.25, 0.3) is 0 Å². The maximum Gasteiger partial charge on any atom is 0.235 e. The van der Waals surface area contributed by atoms with Crippen molar-refractivity contribution >= 4 is 69.1 Å². The second-order valence-electron chi connectivity index (χ2n) is 10.6. The molecule has 7 nitrogen and oxygen atoms in total. The van der Waals surface area contributed by atoms with E-state index in [1.165, 1.54) is 22.7 Å². The Morgan fingerprint density at radius 1 is 0.634 bits per heavy atom. The lowest BCUT2D eigenvalue weighted by Gasteiger charge is -2.38. The predicted molar refractivity (Wildman–Crippen MR) is 156 cm³/mol. The van der Waals surface area contributed by atoms with Crippen LogP contribution in [0, 0.1) is 0 Å². The summed E-state index contributed by atoms with van der Waals surface area (Å²) >= 11 is 2.84. The van der Waals surface area contributed by atoms with Crippen LogP contribution in [0.15, 0.2) is 48.5 Å². The fourth-order valence-electron chi connectivity index (χ4n) is 6.25. The van der Waals surface area contributed by atoms with E-state index < -0.39 is 28.7 Å². The molecule has 0 bridgehead atoms. The summed E-state index contributed by atoms with van der Waals surface area (Å²) < 4.78 is 6.65. The van der Waals surface area contributed by atoms with Gasteiger partial charge in [-0.2, -0.15) is 0 Å². The first kappa shape index (κ1) is 24.5. The fraction of sp³-hybridized carbons (Fsp3) is 0.188. The lowest BCUT2D eigenvalue weighted by molar-refractivity contribution is -0.110. The van der Waals surface area contributed by atoms with E-state index >= 15 is 0 Å². The summed E-state index contributed by atoms with van der Waals surface area (Å²) in [5.74, 6) is -1.56. The van der Waals surface area contributed by atoms with Crippen molar-refractivity contribution in [3.05, 3.63) is 86.5 Å². The highest BCUT2D eigenvalue weighted by Crippen LogP contribution is 2.55. The van der Waals surface area contributed by atoms with E-state index in [0.29, 0.717) is 49.3 Å². The van der Waals surface area contributed by atoms with Crippen LogP contribution >= 0.6 is 22.7 Å². The van der Waals surface area contributed by atoms with Crippen LogP contribution in [-0.2, 0) is 15.2 Å². The second-order valence-corrected chi connectivity index (χ2v) is 12.7. The highest BCUT2D eigenvalue weighted by atomic mass is 32.1. The van der Waals surface area contributed by atoms with E-state index in [1.54, 1.807) is 48.6 Å². The van der Waals surface area contributed by atoms with Crippen LogP contribution in [0.4, 0.5) is 0 Å². The molecule has 4 aliphatic rings. The molecule has 0 radical (unpaired) electrons. The number of Topliss-reactive ketones (excluding diaryl/α,β-unsaturated/α-hetero) is 4. The molecule has 0 saturated heterocycles. The number of nitrogens with zero attached hydrogens (tertiary/aromatic N) is 2. The summed E-state index contributed by atoms with van der Waals surface area (Å²) in [6, 6.07) is 14.0. The molecule has 0 unspecified atom stereocenters. The third-order valence-electron chi connectivity index (χ3n) is 8.21. The summed E-state index contributed by atoms with van der Waals surface area (Å²) in [4.78, 5) is 62.3.